The number of hydrogen-bond donors (Lipinski definition) is 3. The zero-order chi connectivity index (χ0) is 23.4. The van der Waals surface area contributed by atoms with E-state index in [-0.39, 0.29) is 23.9 Å². The molecule has 1 atom stereocenters. The normalized spacial score (nSPS) is 12.5. The van der Waals surface area contributed by atoms with Crippen LogP contribution in [0.4, 0.5) is 0 Å². The second-order valence-electron chi connectivity index (χ2n) is 7.81. The molecule has 0 unspecified atom stereocenters. The highest BCUT2D eigenvalue weighted by atomic mass is 35.5. The highest BCUT2D eigenvalue weighted by molar-refractivity contribution is 7.89. The van der Waals surface area contributed by atoms with Gasteiger partial charge < -0.3 is 10.3 Å². The average molecular weight is 482 g/mol. The monoisotopic (exact) mass is 481 g/mol. The van der Waals surface area contributed by atoms with Crippen molar-refractivity contribution in [2.75, 3.05) is 13.1 Å². The molecule has 0 bridgehead atoms. The number of nitrogens with one attached hydrogen (secondary N) is 3. The molecule has 4 aromatic rings. The summed E-state index contributed by atoms with van der Waals surface area (Å²) in [6, 6.07) is 21.9. The van der Waals surface area contributed by atoms with Crippen molar-refractivity contribution in [1.82, 2.24) is 15.0 Å². The van der Waals surface area contributed by atoms with Gasteiger partial charge in [0.15, 0.2) is 0 Å². The Morgan fingerprint density at radius 3 is 2.42 bits per heavy atom. The summed E-state index contributed by atoms with van der Waals surface area (Å²) in [5.41, 5.74) is 3.82. The van der Waals surface area contributed by atoms with Crippen molar-refractivity contribution in [3.05, 3.63) is 101 Å². The number of amides is 1. The number of benzene rings is 3. The summed E-state index contributed by atoms with van der Waals surface area (Å²) in [7, 11) is -3.78. The Kier molecular flexibility index (Phi) is 6.83. The molecule has 1 heterocycles. The summed E-state index contributed by atoms with van der Waals surface area (Å²) in [5.74, 6) is -0.643. The molecule has 1 aromatic heterocycles. The lowest BCUT2D eigenvalue weighted by atomic mass is 9.90. The van der Waals surface area contributed by atoms with E-state index in [0.29, 0.717) is 5.02 Å². The van der Waals surface area contributed by atoms with Crippen LogP contribution in [-0.4, -0.2) is 32.4 Å². The van der Waals surface area contributed by atoms with Crippen molar-refractivity contribution < 1.29 is 13.2 Å². The van der Waals surface area contributed by atoms with Crippen molar-refractivity contribution in [2.45, 2.75) is 17.7 Å². The van der Waals surface area contributed by atoms with Crippen LogP contribution in [0.2, 0.25) is 5.02 Å². The number of H-pyrrole nitrogens is 1. The molecule has 0 aliphatic heterocycles. The number of carbonyl (C=O) groups is 1. The van der Waals surface area contributed by atoms with Gasteiger partial charge in [-0.15, -0.1) is 0 Å². The molecule has 0 spiro atoms. The first-order chi connectivity index (χ1) is 15.8. The number of aryl methyl sites for hydroxylation is 1. The van der Waals surface area contributed by atoms with Gasteiger partial charge in [-0.3, -0.25) is 4.79 Å². The summed E-state index contributed by atoms with van der Waals surface area (Å²) in [5, 5.41) is 4.49. The Labute approximate surface area is 198 Å². The molecule has 170 valence electrons. The number of aromatic amines is 1. The molecule has 1 amide bonds. The number of para-hydroxylation sites is 1. The smallest absolute Gasteiger partial charge is 0.241 e. The largest absolute Gasteiger partial charge is 0.361 e. The van der Waals surface area contributed by atoms with Crippen LogP contribution in [0.3, 0.4) is 0 Å². The summed E-state index contributed by atoms with van der Waals surface area (Å²) in [4.78, 5) is 15.9. The number of halogens is 1. The van der Waals surface area contributed by atoms with Crippen molar-refractivity contribution in [3.8, 4) is 0 Å². The van der Waals surface area contributed by atoms with Crippen LogP contribution in [0.1, 0.15) is 22.6 Å². The lowest BCUT2D eigenvalue weighted by molar-refractivity contribution is -0.119. The second-order valence-corrected chi connectivity index (χ2v) is 9.98. The fourth-order valence-electron chi connectivity index (χ4n) is 3.77. The SMILES string of the molecule is Cc1ccc(S(=O)(=O)NCC(=O)NC[C@H](c2ccccc2Cl)c2c[nH]c3ccccc23)cc1. The standard InChI is InChI=1S/C25H24ClN3O3S/c1-17-10-12-18(13-11-17)33(31,32)29-16-25(30)28-15-21(19-6-2-4-8-23(19)26)22-14-27-24-9-5-3-7-20(22)24/h2-14,21,27,29H,15-16H2,1H3,(H,28,30)/t21-/m1/s1. The van der Waals surface area contributed by atoms with Crippen LogP contribution < -0.4 is 10.0 Å². The Morgan fingerprint density at radius 1 is 0.970 bits per heavy atom. The first-order valence-electron chi connectivity index (χ1n) is 10.5. The fraction of sp³-hybridized carbons (Fsp3) is 0.160. The van der Waals surface area contributed by atoms with Gasteiger partial charge in [-0.1, -0.05) is 65.7 Å². The molecule has 0 aliphatic carbocycles. The summed E-state index contributed by atoms with van der Waals surface area (Å²) in [6.45, 7) is 1.77. The molecule has 0 fully saturated rings. The first-order valence-corrected chi connectivity index (χ1v) is 12.3. The lowest BCUT2D eigenvalue weighted by Gasteiger charge is -2.19. The van der Waals surface area contributed by atoms with Crippen molar-refractivity contribution >= 4 is 38.4 Å². The third-order valence-electron chi connectivity index (χ3n) is 5.53. The van der Waals surface area contributed by atoms with Crippen LogP contribution in [0.25, 0.3) is 10.9 Å². The van der Waals surface area contributed by atoms with Crippen molar-refractivity contribution in [3.63, 3.8) is 0 Å². The van der Waals surface area contributed by atoms with E-state index in [1.807, 2.05) is 61.7 Å². The quantitative estimate of drug-likeness (QED) is 0.349. The van der Waals surface area contributed by atoms with Crippen molar-refractivity contribution in [1.29, 1.82) is 0 Å². The molecule has 0 aliphatic rings. The minimum Gasteiger partial charge on any atom is -0.361 e. The highest BCUT2D eigenvalue weighted by Gasteiger charge is 2.22. The van der Waals surface area contributed by atoms with E-state index >= 15 is 0 Å². The molecule has 0 saturated heterocycles. The molecular formula is C25H24ClN3O3S. The number of carbonyl (C=O) groups excluding carboxylic acids is 1. The minimum absolute atomic E-state index is 0.119. The zero-order valence-electron chi connectivity index (χ0n) is 18.0. The van der Waals surface area contributed by atoms with E-state index in [1.165, 1.54) is 12.1 Å². The van der Waals surface area contributed by atoms with Gasteiger partial charge in [0.05, 0.1) is 11.4 Å². The Bertz CT molecular complexity index is 1380. The van der Waals surface area contributed by atoms with Crippen LogP contribution in [-0.2, 0) is 14.8 Å². The fourth-order valence-corrected chi connectivity index (χ4v) is 5.02. The van der Waals surface area contributed by atoms with Crippen LogP contribution in [0.5, 0.6) is 0 Å². The molecule has 33 heavy (non-hydrogen) atoms. The lowest BCUT2D eigenvalue weighted by Crippen LogP contribution is -2.38. The van der Waals surface area contributed by atoms with Crippen LogP contribution in [0.15, 0.2) is 83.9 Å². The number of aromatic nitrogens is 1. The Hall–Kier alpha value is -3.13. The number of sulfonamides is 1. The molecule has 8 heteroatoms. The molecule has 0 saturated carbocycles. The topological polar surface area (TPSA) is 91.1 Å². The van der Waals surface area contributed by atoms with E-state index in [0.717, 1.165) is 27.6 Å². The van der Waals surface area contributed by atoms with Gasteiger partial charge in [0.2, 0.25) is 15.9 Å². The van der Waals surface area contributed by atoms with Gasteiger partial charge in [-0.25, -0.2) is 13.1 Å². The van der Waals surface area contributed by atoms with E-state index in [9.17, 15) is 13.2 Å². The van der Waals surface area contributed by atoms with Crippen LogP contribution in [0, 0.1) is 6.92 Å². The number of rotatable bonds is 8. The Morgan fingerprint density at radius 2 is 1.67 bits per heavy atom. The third-order valence-corrected chi connectivity index (χ3v) is 7.30. The second kappa shape index (κ2) is 9.79. The average Bonchev–Trinajstić information content (AvgIpc) is 3.23. The van der Waals surface area contributed by atoms with Gasteiger partial charge >= 0.3 is 0 Å². The first kappa shape index (κ1) is 23.0. The van der Waals surface area contributed by atoms with Crippen LogP contribution >= 0.6 is 11.6 Å². The van der Waals surface area contributed by atoms with E-state index in [4.69, 9.17) is 11.6 Å². The zero-order valence-corrected chi connectivity index (χ0v) is 19.6. The summed E-state index contributed by atoms with van der Waals surface area (Å²) in [6.07, 6.45) is 1.92. The van der Waals surface area contributed by atoms with E-state index < -0.39 is 15.9 Å². The summed E-state index contributed by atoms with van der Waals surface area (Å²) < 4.78 is 27.3. The van der Waals surface area contributed by atoms with Gasteiger partial charge in [-0.2, -0.15) is 0 Å². The molecule has 4 rings (SSSR count). The predicted molar refractivity (Wildman–Crippen MR) is 131 cm³/mol. The third kappa shape index (κ3) is 5.27. The predicted octanol–water partition coefficient (Wildman–Crippen LogP) is 4.36. The maximum atomic E-state index is 12.6. The van der Waals surface area contributed by atoms with Gasteiger partial charge in [0.1, 0.15) is 0 Å². The number of fused-ring (bicyclic) bond motifs is 1. The maximum Gasteiger partial charge on any atom is 0.241 e. The Balaban J connectivity index is 1.50. The molecule has 0 radical (unpaired) electrons. The summed E-state index contributed by atoms with van der Waals surface area (Å²) >= 11 is 6.49. The maximum absolute atomic E-state index is 12.6. The van der Waals surface area contributed by atoms with Crippen molar-refractivity contribution in [2.24, 2.45) is 0 Å². The molecule has 3 aromatic carbocycles. The van der Waals surface area contributed by atoms with Gasteiger partial charge in [0.25, 0.3) is 0 Å². The van der Waals surface area contributed by atoms with E-state index in [2.05, 4.69) is 15.0 Å². The molecular weight excluding hydrogens is 458 g/mol. The van der Waals surface area contributed by atoms with Gasteiger partial charge in [0, 0.05) is 34.6 Å². The minimum atomic E-state index is -3.78. The van der Waals surface area contributed by atoms with E-state index in [1.54, 1.807) is 12.1 Å². The van der Waals surface area contributed by atoms with Gasteiger partial charge in [-0.05, 0) is 42.3 Å². The number of hydrogen-bond acceptors (Lipinski definition) is 3. The molecule has 3 N–H and O–H groups in total. The highest BCUT2D eigenvalue weighted by Crippen LogP contribution is 2.34. The molecule has 6 nitrogen and oxygen atoms in total.